The highest BCUT2D eigenvalue weighted by Crippen LogP contribution is 2.35. The highest BCUT2D eigenvalue weighted by atomic mass is 32.2. The van der Waals surface area contributed by atoms with Crippen LogP contribution in [0, 0.1) is 0 Å². The Bertz CT molecular complexity index is 924. The molecule has 1 atom stereocenters. The highest BCUT2D eigenvalue weighted by molar-refractivity contribution is 7.89. The third-order valence-corrected chi connectivity index (χ3v) is 6.97. The van der Waals surface area contributed by atoms with Gasteiger partial charge in [-0.3, -0.25) is 0 Å². The fraction of sp³-hybridized carbons (Fsp3) is 0.381. The van der Waals surface area contributed by atoms with Crippen molar-refractivity contribution in [3.8, 4) is 5.75 Å². The van der Waals surface area contributed by atoms with Gasteiger partial charge in [0.05, 0.1) is 30.7 Å². The van der Waals surface area contributed by atoms with E-state index in [4.69, 9.17) is 9.47 Å². The first-order valence-corrected chi connectivity index (χ1v) is 10.8. The number of rotatable bonds is 5. The molecule has 1 aliphatic rings. The summed E-state index contributed by atoms with van der Waals surface area (Å²) in [5.41, 5.74) is 1.16. The molecule has 2 aromatic carbocycles. The molecular formula is C21H25NO5S. The van der Waals surface area contributed by atoms with E-state index in [9.17, 15) is 13.2 Å². The Labute approximate surface area is 166 Å². The predicted molar refractivity (Wildman–Crippen MR) is 106 cm³/mol. The lowest BCUT2D eigenvalue weighted by atomic mass is 10.0. The fourth-order valence-electron chi connectivity index (χ4n) is 3.57. The summed E-state index contributed by atoms with van der Waals surface area (Å²) >= 11 is 0. The average molecular weight is 404 g/mol. The lowest BCUT2D eigenvalue weighted by Gasteiger charge is -2.29. The summed E-state index contributed by atoms with van der Waals surface area (Å²) in [7, 11) is -0.890. The lowest BCUT2D eigenvalue weighted by molar-refractivity contribution is 0.0600. The van der Waals surface area contributed by atoms with E-state index in [1.165, 1.54) is 19.2 Å². The molecule has 1 saturated heterocycles. The van der Waals surface area contributed by atoms with Gasteiger partial charge in [0.15, 0.2) is 0 Å². The first kappa shape index (κ1) is 20.4. The van der Waals surface area contributed by atoms with E-state index in [1.54, 1.807) is 23.5 Å². The zero-order chi connectivity index (χ0) is 20.1. The molecule has 6 nitrogen and oxygen atoms in total. The van der Waals surface area contributed by atoms with Crippen molar-refractivity contribution in [2.75, 3.05) is 20.8 Å². The smallest absolute Gasteiger partial charge is 0.337 e. The van der Waals surface area contributed by atoms with Crippen LogP contribution in [0.3, 0.4) is 0 Å². The summed E-state index contributed by atoms with van der Waals surface area (Å²) in [6, 6.07) is 13.3. The Morgan fingerprint density at radius 2 is 1.79 bits per heavy atom. The van der Waals surface area contributed by atoms with Gasteiger partial charge in [-0.15, -0.1) is 0 Å². The van der Waals surface area contributed by atoms with Crippen molar-refractivity contribution in [3.63, 3.8) is 0 Å². The van der Waals surface area contributed by atoms with Crippen molar-refractivity contribution < 1.29 is 22.7 Å². The second kappa shape index (κ2) is 8.75. The van der Waals surface area contributed by atoms with Gasteiger partial charge in [0, 0.05) is 6.54 Å². The van der Waals surface area contributed by atoms with E-state index in [2.05, 4.69) is 0 Å². The molecule has 1 fully saturated rings. The van der Waals surface area contributed by atoms with E-state index in [0.717, 1.165) is 37.0 Å². The van der Waals surface area contributed by atoms with Crippen LogP contribution in [-0.4, -0.2) is 39.5 Å². The summed E-state index contributed by atoms with van der Waals surface area (Å²) in [5, 5.41) is 0. The summed E-state index contributed by atoms with van der Waals surface area (Å²) in [4.78, 5) is 11.9. The minimum atomic E-state index is -3.77. The second-order valence-electron chi connectivity index (χ2n) is 6.77. The van der Waals surface area contributed by atoms with E-state index in [-0.39, 0.29) is 16.5 Å². The predicted octanol–water partition coefficient (Wildman–Crippen LogP) is 3.79. The van der Waals surface area contributed by atoms with Gasteiger partial charge < -0.3 is 9.47 Å². The van der Waals surface area contributed by atoms with Gasteiger partial charge in [-0.05, 0) is 48.7 Å². The SMILES string of the molecule is COC(=O)c1cccc(S(=O)(=O)N2CCCCCC2c2ccc(OC)cc2)c1. The number of carbonyl (C=O) groups excluding carboxylic acids is 1. The van der Waals surface area contributed by atoms with E-state index in [0.29, 0.717) is 6.54 Å². The molecule has 2 aromatic rings. The van der Waals surface area contributed by atoms with Crippen molar-refractivity contribution in [3.05, 3.63) is 59.7 Å². The first-order valence-electron chi connectivity index (χ1n) is 9.31. The van der Waals surface area contributed by atoms with E-state index >= 15 is 0 Å². The Balaban J connectivity index is 2.00. The Hall–Kier alpha value is -2.38. The van der Waals surface area contributed by atoms with Gasteiger partial charge in [-0.25, -0.2) is 13.2 Å². The van der Waals surface area contributed by atoms with Gasteiger partial charge in [0.1, 0.15) is 5.75 Å². The van der Waals surface area contributed by atoms with Gasteiger partial charge in [0.2, 0.25) is 10.0 Å². The van der Waals surface area contributed by atoms with Crippen LogP contribution in [0.1, 0.15) is 47.6 Å². The molecule has 0 amide bonds. The van der Waals surface area contributed by atoms with Gasteiger partial charge in [-0.2, -0.15) is 4.31 Å². The molecule has 7 heteroatoms. The summed E-state index contributed by atoms with van der Waals surface area (Å²) in [5.74, 6) is 0.178. The molecule has 1 aliphatic heterocycles. The zero-order valence-corrected chi connectivity index (χ0v) is 16.9. The molecule has 0 aliphatic carbocycles. The number of hydrogen-bond acceptors (Lipinski definition) is 5. The van der Waals surface area contributed by atoms with E-state index in [1.807, 2.05) is 24.3 Å². The van der Waals surface area contributed by atoms with Gasteiger partial charge in [-0.1, -0.05) is 31.0 Å². The van der Waals surface area contributed by atoms with Crippen LogP contribution in [0.5, 0.6) is 5.75 Å². The fourth-order valence-corrected chi connectivity index (χ4v) is 5.29. The van der Waals surface area contributed by atoms with Crippen LogP contribution >= 0.6 is 0 Å². The topological polar surface area (TPSA) is 72.9 Å². The van der Waals surface area contributed by atoms with Gasteiger partial charge in [0.25, 0.3) is 0 Å². The summed E-state index contributed by atoms with van der Waals surface area (Å²) < 4.78 is 38.4. The van der Waals surface area contributed by atoms with Crippen LogP contribution in [-0.2, 0) is 14.8 Å². The number of carbonyl (C=O) groups is 1. The Morgan fingerprint density at radius 1 is 1.04 bits per heavy atom. The number of esters is 1. The molecular weight excluding hydrogens is 378 g/mol. The molecule has 1 unspecified atom stereocenters. The van der Waals surface area contributed by atoms with Crippen molar-refractivity contribution in [1.29, 1.82) is 0 Å². The minimum Gasteiger partial charge on any atom is -0.497 e. The van der Waals surface area contributed by atoms with Crippen LogP contribution in [0.4, 0.5) is 0 Å². The molecule has 1 heterocycles. The largest absolute Gasteiger partial charge is 0.497 e. The van der Waals surface area contributed by atoms with E-state index < -0.39 is 16.0 Å². The maximum Gasteiger partial charge on any atom is 0.337 e. The number of benzene rings is 2. The van der Waals surface area contributed by atoms with Gasteiger partial charge >= 0.3 is 5.97 Å². The lowest BCUT2D eigenvalue weighted by Crippen LogP contribution is -2.35. The normalized spacial score (nSPS) is 18.3. The van der Waals surface area contributed by atoms with Crippen molar-refractivity contribution in [2.24, 2.45) is 0 Å². The number of ether oxygens (including phenoxy) is 2. The van der Waals surface area contributed by atoms with Crippen molar-refractivity contribution in [2.45, 2.75) is 36.6 Å². The monoisotopic (exact) mass is 403 g/mol. The molecule has 0 radical (unpaired) electrons. The van der Waals surface area contributed by atoms with Crippen LogP contribution in [0.25, 0.3) is 0 Å². The number of nitrogens with zero attached hydrogens (tertiary/aromatic N) is 1. The second-order valence-corrected chi connectivity index (χ2v) is 8.66. The highest BCUT2D eigenvalue weighted by Gasteiger charge is 2.33. The number of sulfonamides is 1. The number of hydrogen-bond donors (Lipinski definition) is 0. The molecule has 0 N–H and O–H groups in total. The molecule has 0 spiro atoms. The standard InChI is InChI=1S/C21H25NO5S/c1-26-18-12-10-16(11-13-18)20-9-4-3-5-14-22(20)28(24,25)19-8-6-7-17(15-19)21(23)27-2/h6-8,10-13,15,20H,3-5,9,14H2,1-2H3. The maximum absolute atomic E-state index is 13.5. The summed E-state index contributed by atoms with van der Waals surface area (Å²) in [6.07, 6.45) is 3.51. The first-order chi connectivity index (χ1) is 13.5. The minimum absolute atomic E-state index is 0.107. The third-order valence-electron chi connectivity index (χ3n) is 5.07. The Kier molecular flexibility index (Phi) is 6.36. The summed E-state index contributed by atoms with van der Waals surface area (Å²) in [6.45, 7) is 0.446. The molecule has 28 heavy (non-hydrogen) atoms. The van der Waals surface area contributed by atoms with Crippen molar-refractivity contribution >= 4 is 16.0 Å². The Morgan fingerprint density at radius 3 is 2.46 bits per heavy atom. The maximum atomic E-state index is 13.5. The quantitative estimate of drug-likeness (QED) is 0.710. The molecule has 0 aromatic heterocycles. The average Bonchev–Trinajstić information content (AvgIpc) is 3.00. The third kappa shape index (κ3) is 4.20. The molecule has 0 bridgehead atoms. The van der Waals surface area contributed by atoms with Crippen LogP contribution in [0.2, 0.25) is 0 Å². The van der Waals surface area contributed by atoms with Crippen LogP contribution in [0.15, 0.2) is 53.4 Å². The van der Waals surface area contributed by atoms with Crippen LogP contribution < -0.4 is 4.74 Å². The molecule has 0 saturated carbocycles. The number of methoxy groups -OCH3 is 2. The van der Waals surface area contributed by atoms with Crippen molar-refractivity contribution in [1.82, 2.24) is 4.31 Å². The zero-order valence-electron chi connectivity index (χ0n) is 16.1. The molecule has 150 valence electrons. The molecule has 3 rings (SSSR count).